The second-order valence-electron chi connectivity index (χ2n) is 12.2. The van der Waals surface area contributed by atoms with Gasteiger partial charge in [-0.3, -0.25) is 19.5 Å². The molecule has 220 valence electrons. The number of amides is 2. The second-order valence-corrected chi connectivity index (χ2v) is 12.2. The minimum Gasteiger partial charge on any atom is -0.489 e. The van der Waals surface area contributed by atoms with Crippen LogP contribution in [0.15, 0.2) is 79.1 Å². The van der Waals surface area contributed by atoms with Crippen molar-refractivity contribution in [2.24, 2.45) is 5.92 Å². The van der Waals surface area contributed by atoms with Gasteiger partial charge < -0.3 is 15.4 Å². The second kappa shape index (κ2) is 15.3. The van der Waals surface area contributed by atoms with Gasteiger partial charge in [-0.05, 0) is 88.0 Å². The lowest BCUT2D eigenvalue weighted by Gasteiger charge is -2.31. The summed E-state index contributed by atoms with van der Waals surface area (Å²) in [6.45, 7) is 11.4. The van der Waals surface area contributed by atoms with Crippen LogP contribution in [-0.2, 0) is 29.0 Å². The maximum Gasteiger partial charge on any atom is 0.243 e. The quantitative estimate of drug-likeness (QED) is 0.285. The third-order valence-corrected chi connectivity index (χ3v) is 6.79. The molecule has 2 amide bonds. The Labute approximate surface area is 245 Å². The summed E-state index contributed by atoms with van der Waals surface area (Å²) < 4.78 is 5.92. The lowest BCUT2D eigenvalue weighted by atomic mass is 10.0. The van der Waals surface area contributed by atoms with E-state index in [1.807, 2.05) is 94.5 Å². The summed E-state index contributed by atoms with van der Waals surface area (Å²) in [5, 5.41) is 6.14. The highest BCUT2D eigenvalue weighted by molar-refractivity contribution is 5.90. The molecule has 2 atom stereocenters. The van der Waals surface area contributed by atoms with Gasteiger partial charge in [0.1, 0.15) is 18.4 Å². The predicted octanol–water partition coefficient (Wildman–Crippen LogP) is 5.19. The van der Waals surface area contributed by atoms with Gasteiger partial charge in [0.05, 0.1) is 6.04 Å². The maximum atomic E-state index is 13.8. The van der Waals surface area contributed by atoms with Crippen molar-refractivity contribution in [1.82, 2.24) is 20.5 Å². The third kappa shape index (κ3) is 11.4. The average molecular weight is 559 g/mol. The molecular formula is C34H46N4O3. The van der Waals surface area contributed by atoms with Crippen molar-refractivity contribution in [1.29, 1.82) is 0 Å². The fraction of sp³-hybridized carbons (Fsp3) is 0.441. The molecule has 2 N–H and O–H groups in total. The summed E-state index contributed by atoms with van der Waals surface area (Å²) in [6.07, 6.45) is 5.37. The number of aromatic nitrogens is 1. The highest BCUT2D eigenvalue weighted by Gasteiger charge is 2.30. The SMILES string of the molecule is CC(C)CCN(C)C(Cc1cccnc1)C(=O)NC(Cc1ccc(OCc2ccccc2)cc1)C(=O)NC(C)(C)C. The van der Waals surface area contributed by atoms with Gasteiger partial charge in [0, 0.05) is 24.4 Å². The Hall–Kier alpha value is -3.71. The summed E-state index contributed by atoms with van der Waals surface area (Å²) >= 11 is 0. The summed E-state index contributed by atoms with van der Waals surface area (Å²) in [6, 6.07) is 20.4. The van der Waals surface area contributed by atoms with E-state index in [9.17, 15) is 9.59 Å². The molecule has 41 heavy (non-hydrogen) atoms. The molecule has 0 aliphatic rings. The van der Waals surface area contributed by atoms with E-state index in [1.165, 1.54) is 0 Å². The normalized spacial score (nSPS) is 13.1. The Balaban J connectivity index is 1.75. The maximum absolute atomic E-state index is 13.8. The Morgan fingerprint density at radius 1 is 0.878 bits per heavy atom. The third-order valence-electron chi connectivity index (χ3n) is 6.79. The Kier molecular flexibility index (Phi) is 11.9. The molecule has 0 spiro atoms. The van der Waals surface area contributed by atoms with Crippen molar-refractivity contribution in [3.63, 3.8) is 0 Å². The number of nitrogens with one attached hydrogen (secondary N) is 2. The number of carbonyl (C=O) groups is 2. The van der Waals surface area contributed by atoms with Crippen molar-refractivity contribution < 1.29 is 14.3 Å². The molecule has 7 heteroatoms. The first kappa shape index (κ1) is 31.8. The molecule has 0 fully saturated rings. The van der Waals surface area contributed by atoms with Crippen LogP contribution >= 0.6 is 0 Å². The van der Waals surface area contributed by atoms with E-state index in [0.29, 0.717) is 25.4 Å². The van der Waals surface area contributed by atoms with Crippen LogP contribution in [0.1, 0.15) is 57.7 Å². The first-order valence-corrected chi connectivity index (χ1v) is 14.5. The molecule has 3 rings (SSSR count). The highest BCUT2D eigenvalue weighted by Crippen LogP contribution is 2.17. The Morgan fingerprint density at radius 2 is 1.56 bits per heavy atom. The van der Waals surface area contributed by atoms with E-state index >= 15 is 0 Å². The number of carbonyl (C=O) groups excluding carboxylic acids is 2. The van der Waals surface area contributed by atoms with Crippen molar-refractivity contribution in [2.45, 2.75) is 78.1 Å². The molecule has 2 aromatic carbocycles. The van der Waals surface area contributed by atoms with Crippen LogP contribution < -0.4 is 15.4 Å². The van der Waals surface area contributed by atoms with Gasteiger partial charge in [-0.2, -0.15) is 0 Å². The Bertz CT molecular complexity index is 1210. The number of pyridine rings is 1. The summed E-state index contributed by atoms with van der Waals surface area (Å²) in [5.74, 6) is 0.891. The summed E-state index contributed by atoms with van der Waals surface area (Å²) in [4.78, 5) is 33.5. The van der Waals surface area contributed by atoms with Crippen LogP contribution in [0.25, 0.3) is 0 Å². The van der Waals surface area contributed by atoms with Crippen molar-refractivity contribution in [2.75, 3.05) is 13.6 Å². The Morgan fingerprint density at radius 3 is 2.17 bits per heavy atom. The number of hydrogen-bond donors (Lipinski definition) is 2. The monoisotopic (exact) mass is 558 g/mol. The molecule has 1 heterocycles. The van der Waals surface area contributed by atoms with Gasteiger partial charge in [-0.25, -0.2) is 0 Å². The number of ether oxygens (including phenoxy) is 1. The topological polar surface area (TPSA) is 83.6 Å². The number of benzene rings is 2. The summed E-state index contributed by atoms with van der Waals surface area (Å²) in [5.41, 5.74) is 2.57. The van der Waals surface area contributed by atoms with Gasteiger partial charge in [0.15, 0.2) is 0 Å². The van der Waals surface area contributed by atoms with Crippen LogP contribution in [0, 0.1) is 5.92 Å². The number of nitrogens with zero attached hydrogens (tertiary/aromatic N) is 2. The molecule has 3 aromatic rings. The predicted molar refractivity (Wildman–Crippen MR) is 165 cm³/mol. The van der Waals surface area contributed by atoms with Gasteiger partial charge in [0.25, 0.3) is 0 Å². The van der Waals surface area contributed by atoms with E-state index in [1.54, 1.807) is 12.4 Å². The lowest BCUT2D eigenvalue weighted by molar-refractivity contribution is -0.132. The molecule has 0 saturated carbocycles. The van der Waals surface area contributed by atoms with Crippen LogP contribution in [0.5, 0.6) is 5.75 Å². The molecule has 2 unspecified atom stereocenters. The lowest BCUT2D eigenvalue weighted by Crippen LogP contribution is -2.57. The van der Waals surface area contributed by atoms with E-state index in [2.05, 4.69) is 34.4 Å². The molecular weight excluding hydrogens is 512 g/mol. The fourth-order valence-electron chi connectivity index (χ4n) is 4.44. The van der Waals surface area contributed by atoms with Crippen LogP contribution in [-0.4, -0.2) is 52.9 Å². The van der Waals surface area contributed by atoms with Gasteiger partial charge in [-0.15, -0.1) is 0 Å². The molecule has 0 saturated heterocycles. The molecule has 1 aromatic heterocycles. The van der Waals surface area contributed by atoms with Crippen LogP contribution in [0.3, 0.4) is 0 Å². The van der Waals surface area contributed by atoms with Crippen molar-refractivity contribution in [3.8, 4) is 5.75 Å². The number of hydrogen-bond acceptors (Lipinski definition) is 5. The highest BCUT2D eigenvalue weighted by atomic mass is 16.5. The zero-order valence-corrected chi connectivity index (χ0v) is 25.4. The largest absolute Gasteiger partial charge is 0.489 e. The number of rotatable bonds is 14. The summed E-state index contributed by atoms with van der Waals surface area (Å²) in [7, 11) is 1.97. The van der Waals surface area contributed by atoms with Crippen LogP contribution in [0.4, 0.5) is 0 Å². The molecule has 0 bridgehead atoms. The van der Waals surface area contributed by atoms with E-state index in [0.717, 1.165) is 35.4 Å². The number of likely N-dealkylation sites (N-methyl/N-ethyl adjacent to an activating group) is 1. The van der Waals surface area contributed by atoms with E-state index in [4.69, 9.17) is 4.74 Å². The van der Waals surface area contributed by atoms with Gasteiger partial charge in [0.2, 0.25) is 11.8 Å². The molecule has 0 aliphatic heterocycles. The molecule has 0 radical (unpaired) electrons. The first-order chi connectivity index (χ1) is 19.5. The fourth-order valence-corrected chi connectivity index (χ4v) is 4.44. The van der Waals surface area contributed by atoms with Gasteiger partial charge in [-0.1, -0.05) is 62.4 Å². The van der Waals surface area contributed by atoms with E-state index in [-0.39, 0.29) is 11.8 Å². The average Bonchev–Trinajstić information content (AvgIpc) is 2.94. The minimum absolute atomic E-state index is 0.169. The van der Waals surface area contributed by atoms with Crippen LogP contribution in [0.2, 0.25) is 0 Å². The smallest absolute Gasteiger partial charge is 0.243 e. The zero-order valence-electron chi connectivity index (χ0n) is 25.4. The standard InChI is InChI=1S/C34H46N4O3/c1-25(2)18-20-38(6)31(22-28-13-10-19-35-23-28)33(40)36-30(32(39)37-34(3,4)5)21-26-14-16-29(17-15-26)41-24-27-11-8-7-9-12-27/h7-17,19,23,25,30-31H,18,20-22,24H2,1-6H3,(H,36,40)(H,37,39). The van der Waals surface area contributed by atoms with E-state index < -0.39 is 17.6 Å². The van der Waals surface area contributed by atoms with Gasteiger partial charge >= 0.3 is 0 Å². The van der Waals surface area contributed by atoms with Crippen molar-refractivity contribution in [3.05, 3.63) is 95.8 Å². The van der Waals surface area contributed by atoms with Crippen molar-refractivity contribution >= 4 is 11.8 Å². The molecule has 0 aliphatic carbocycles. The first-order valence-electron chi connectivity index (χ1n) is 14.5. The minimum atomic E-state index is -0.729. The zero-order chi connectivity index (χ0) is 29.8. The molecule has 7 nitrogen and oxygen atoms in total.